The Bertz CT molecular complexity index is 970. The lowest BCUT2D eigenvalue weighted by molar-refractivity contribution is -0.660. The first kappa shape index (κ1) is 18.7. The zero-order valence-corrected chi connectivity index (χ0v) is 16.0. The molecule has 0 spiro atoms. The van der Waals surface area contributed by atoms with E-state index >= 15 is 0 Å². The number of hydrogen-bond acceptors (Lipinski definition) is 2. The molecule has 3 nitrogen and oxygen atoms in total. The summed E-state index contributed by atoms with van der Waals surface area (Å²) < 4.78 is 8.16. The van der Waals surface area contributed by atoms with E-state index in [0.717, 1.165) is 27.6 Å². The van der Waals surface area contributed by atoms with E-state index in [2.05, 4.69) is 60.1 Å². The first-order valence-corrected chi connectivity index (χ1v) is 8.97. The van der Waals surface area contributed by atoms with Crippen LogP contribution >= 0.6 is 0 Å². The molecule has 0 fully saturated rings. The SMILES string of the molecule is CC.CC.Cc1ccc2c(oc3ncccc32)c1-c1cccc[n+]1C. The highest BCUT2D eigenvalue weighted by Crippen LogP contribution is 2.35. The first-order chi connectivity index (χ1) is 12.3. The minimum Gasteiger partial charge on any atom is -0.437 e. The molecular weight excluding hydrogens is 308 g/mol. The molecule has 3 heterocycles. The van der Waals surface area contributed by atoms with Crippen LogP contribution in [-0.2, 0) is 7.05 Å². The molecule has 1 aromatic carbocycles. The molecule has 130 valence electrons. The minimum absolute atomic E-state index is 0.693. The van der Waals surface area contributed by atoms with E-state index in [0.29, 0.717) is 5.71 Å². The van der Waals surface area contributed by atoms with Crippen molar-refractivity contribution in [3.8, 4) is 11.3 Å². The minimum atomic E-state index is 0.693. The number of aryl methyl sites for hydroxylation is 2. The van der Waals surface area contributed by atoms with Gasteiger partial charge in [-0.3, -0.25) is 0 Å². The molecule has 0 aliphatic heterocycles. The number of rotatable bonds is 1. The van der Waals surface area contributed by atoms with E-state index in [4.69, 9.17) is 4.42 Å². The van der Waals surface area contributed by atoms with Gasteiger partial charge < -0.3 is 4.42 Å². The van der Waals surface area contributed by atoms with E-state index in [9.17, 15) is 0 Å². The second-order valence-corrected chi connectivity index (χ2v) is 5.29. The Morgan fingerprint density at radius 2 is 1.64 bits per heavy atom. The van der Waals surface area contributed by atoms with Crippen LogP contribution in [0.25, 0.3) is 33.3 Å². The van der Waals surface area contributed by atoms with E-state index in [1.165, 1.54) is 5.56 Å². The number of nitrogens with zero attached hydrogens (tertiary/aromatic N) is 2. The van der Waals surface area contributed by atoms with E-state index in [1.807, 2.05) is 39.8 Å². The zero-order valence-electron chi connectivity index (χ0n) is 16.0. The molecule has 0 aliphatic carbocycles. The van der Waals surface area contributed by atoms with Crippen molar-refractivity contribution in [2.24, 2.45) is 7.05 Å². The second kappa shape index (κ2) is 8.43. The summed E-state index contributed by atoms with van der Waals surface area (Å²) in [5, 5.41) is 2.18. The largest absolute Gasteiger partial charge is 0.437 e. The molecule has 0 bridgehead atoms. The highest BCUT2D eigenvalue weighted by Gasteiger charge is 2.19. The van der Waals surface area contributed by atoms with Gasteiger partial charge in [-0.1, -0.05) is 39.8 Å². The summed E-state index contributed by atoms with van der Waals surface area (Å²) in [7, 11) is 2.05. The van der Waals surface area contributed by atoms with Gasteiger partial charge in [0.1, 0.15) is 7.05 Å². The number of fused-ring (bicyclic) bond motifs is 3. The van der Waals surface area contributed by atoms with Crippen molar-refractivity contribution < 1.29 is 8.98 Å². The molecule has 0 N–H and O–H groups in total. The van der Waals surface area contributed by atoms with Crippen molar-refractivity contribution in [1.82, 2.24) is 4.98 Å². The molecule has 0 radical (unpaired) electrons. The molecule has 0 atom stereocenters. The van der Waals surface area contributed by atoms with Crippen molar-refractivity contribution in [2.45, 2.75) is 34.6 Å². The Kier molecular flexibility index (Phi) is 6.29. The average Bonchev–Trinajstić information content (AvgIpc) is 3.04. The van der Waals surface area contributed by atoms with Crippen LogP contribution in [-0.4, -0.2) is 4.98 Å². The van der Waals surface area contributed by atoms with Gasteiger partial charge in [0, 0.05) is 29.1 Å². The van der Waals surface area contributed by atoms with Crippen LogP contribution in [0.5, 0.6) is 0 Å². The fraction of sp³-hybridized carbons (Fsp3) is 0.273. The summed E-state index contributed by atoms with van der Waals surface area (Å²) in [6.07, 6.45) is 3.81. The van der Waals surface area contributed by atoms with Gasteiger partial charge >= 0.3 is 0 Å². The molecule has 3 aromatic heterocycles. The maximum absolute atomic E-state index is 6.05. The number of benzene rings is 1. The molecule has 0 amide bonds. The van der Waals surface area contributed by atoms with Gasteiger partial charge in [0.2, 0.25) is 11.4 Å². The lowest BCUT2D eigenvalue weighted by Crippen LogP contribution is -2.30. The predicted octanol–water partition coefficient (Wildman–Crippen LogP) is 5.83. The highest BCUT2D eigenvalue weighted by atomic mass is 16.3. The van der Waals surface area contributed by atoms with Gasteiger partial charge in [-0.25, -0.2) is 9.55 Å². The Hall–Kier alpha value is -2.68. The lowest BCUT2D eigenvalue weighted by atomic mass is 10.0. The van der Waals surface area contributed by atoms with Crippen LogP contribution in [0.3, 0.4) is 0 Å². The smallest absolute Gasteiger partial charge is 0.227 e. The third kappa shape index (κ3) is 3.41. The summed E-state index contributed by atoms with van der Waals surface area (Å²) in [5.41, 5.74) is 5.07. The fourth-order valence-corrected chi connectivity index (χ4v) is 2.87. The highest BCUT2D eigenvalue weighted by molar-refractivity contribution is 6.08. The summed E-state index contributed by atoms with van der Waals surface area (Å²) in [6, 6.07) is 14.4. The Labute approximate surface area is 149 Å². The monoisotopic (exact) mass is 335 g/mol. The third-order valence-corrected chi connectivity index (χ3v) is 3.94. The van der Waals surface area contributed by atoms with Crippen LogP contribution in [0, 0.1) is 6.92 Å². The number of furan rings is 1. The molecule has 4 rings (SSSR count). The quantitative estimate of drug-likeness (QED) is 0.409. The van der Waals surface area contributed by atoms with Crippen molar-refractivity contribution in [2.75, 3.05) is 0 Å². The topological polar surface area (TPSA) is 29.9 Å². The number of pyridine rings is 2. The Balaban J connectivity index is 0.000000528. The maximum atomic E-state index is 6.05. The molecule has 3 heteroatoms. The van der Waals surface area contributed by atoms with Crippen LogP contribution in [0.4, 0.5) is 0 Å². The van der Waals surface area contributed by atoms with Gasteiger partial charge in [0.15, 0.2) is 11.8 Å². The number of hydrogen-bond donors (Lipinski definition) is 0. The molecule has 0 saturated carbocycles. The summed E-state index contributed by atoms with van der Waals surface area (Å²) in [4.78, 5) is 4.33. The third-order valence-electron chi connectivity index (χ3n) is 3.94. The van der Waals surface area contributed by atoms with E-state index in [-0.39, 0.29) is 0 Å². The van der Waals surface area contributed by atoms with Gasteiger partial charge in [-0.15, -0.1) is 0 Å². The van der Waals surface area contributed by atoms with Crippen LogP contribution in [0.2, 0.25) is 0 Å². The van der Waals surface area contributed by atoms with Gasteiger partial charge in [0.25, 0.3) is 0 Å². The van der Waals surface area contributed by atoms with Crippen molar-refractivity contribution in [3.05, 3.63) is 60.4 Å². The Morgan fingerprint density at radius 1 is 0.880 bits per heavy atom. The average molecular weight is 335 g/mol. The molecule has 0 saturated heterocycles. The summed E-state index contributed by atoms with van der Waals surface area (Å²) >= 11 is 0. The molecule has 0 unspecified atom stereocenters. The van der Waals surface area contributed by atoms with Crippen LogP contribution in [0.15, 0.2) is 59.3 Å². The first-order valence-electron chi connectivity index (χ1n) is 8.97. The van der Waals surface area contributed by atoms with E-state index in [1.54, 1.807) is 6.20 Å². The van der Waals surface area contributed by atoms with Crippen molar-refractivity contribution >= 4 is 22.1 Å². The summed E-state index contributed by atoms with van der Waals surface area (Å²) in [6.45, 7) is 10.1. The molecule has 0 aliphatic rings. The van der Waals surface area contributed by atoms with Crippen molar-refractivity contribution in [1.29, 1.82) is 0 Å². The zero-order chi connectivity index (χ0) is 18.4. The Morgan fingerprint density at radius 3 is 2.36 bits per heavy atom. The normalized spacial score (nSPS) is 10.0. The molecule has 4 aromatic rings. The van der Waals surface area contributed by atoms with Crippen LogP contribution in [0.1, 0.15) is 33.3 Å². The van der Waals surface area contributed by atoms with Crippen molar-refractivity contribution in [3.63, 3.8) is 0 Å². The van der Waals surface area contributed by atoms with E-state index < -0.39 is 0 Å². The molecular formula is C22H27N2O+. The standard InChI is InChI=1S/C18H15N2O.2C2H6/c1-12-8-9-13-14-6-5-10-19-18(14)21-17(13)16(12)15-7-3-4-11-20(15)2;2*1-2/h3-11H,1-2H3;2*1-2H3/q+1;;. The number of aromatic nitrogens is 2. The second-order valence-electron chi connectivity index (χ2n) is 5.29. The summed E-state index contributed by atoms with van der Waals surface area (Å²) in [5.74, 6) is 0. The predicted molar refractivity (Wildman–Crippen MR) is 106 cm³/mol. The van der Waals surface area contributed by atoms with Crippen LogP contribution < -0.4 is 4.57 Å². The fourth-order valence-electron chi connectivity index (χ4n) is 2.87. The lowest BCUT2D eigenvalue weighted by Gasteiger charge is -2.04. The molecule has 25 heavy (non-hydrogen) atoms. The maximum Gasteiger partial charge on any atom is 0.227 e. The van der Waals surface area contributed by atoms with Gasteiger partial charge in [-0.2, -0.15) is 0 Å². The van der Waals surface area contributed by atoms with Gasteiger partial charge in [-0.05, 0) is 30.7 Å². The van der Waals surface area contributed by atoms with Gasteiger partial charge in [0.05, 0.1) is 5.56 Å².